The van der Waals surface area contributed by atoms with Crippen LogP contribution in [0.3, 0.4) is 0 Å². The van der Waals surface area contributed by atoms with Crippen molar-refractivity contribution in [2.75, 3.05) is 6.54 Å². The molecule has 2 N–H and O–H groups in total. The molecule has 1 aromatic heterocycles. The summed E-state index contributed by atoms with van der Waals surface area (Å²) >= 11 is 1.60. The third-order valence-corrected chi connectivity index (χ3v) is 3.79. The molecule has 0 aromatic carbocycles. The Bertz CT molecular complexity index is 391. The Hall–Kier alpha value is -0.870. The molecular weight excluding hydrogens is 246 g/mol. The Morgan fingerprint density at radius 3 is 2.61 bits per heavy atom. The van der Waals surface area contributed by atoms with Crippen molar-refractivity contribution in [3.8, 4) is 0 Å². The van der Waals surface area contributed by atoms with E-state index in [1.165, 1.54) is 4.88 Å². The van der Waals surface area contributed by atoms with Gasteiger partial charge < -0.3 is 10.4 Å². The van der Waals surface area contributed by atoms with Crippen molar-refractivity contribution in [3.63, 3.8) is 0 Å². The van der Waals surface area contributed by atoms with E-state index in [0.717, 1.165) is 11.3 Å². The second-order valence-electron chi connectivity index (χ2n) is 5.82. The van der Waals surface area contributed by atoms with Crippen LogP contribution >= 0.6 is 11.3 Å². The van der Waals surface area contributed by atoms with E-state index in [4.69, 9.17) is 0 Å². The molecule has 0 aliphatic heterocycles. The summed E-state index contributed by atoms with van der Waals surface area (Å²) in [7, 11) is 0. The van der Waals surface area contributed by atoms with Gasteiger partial charge in [0.2, 0.25) is 5.91 Å². The topological polar surface area (TPSA) is 49.3 Å². The number of thiophene rings is 1. The summed E-state index contributed by atoms with van der Waals surface area (Å²) in [6.07, 6.45) is 0.975. The fourth-order valence-electron chi connectivity index (χ4n) is 1.62. The van der Waals surface area contributed by atoms with Crippen LogP contribution in [0.1, 0.15) is 50.0 Å². The van der Waals surface area contributed by atoms with E-state index in [9.17, 15) is 9.90 Å². The van der Waals surface area contributed by atoms with Gasteiger partial charge in [-0.15, -0.1) is 11.3 Å². The highest BCUT2D eigenvalue weighted by molar-refractivity contribution is 7.12. The van der Waals surface area contributed by atoms with E-state index in [1.54, 1.807) is 18.3 Å². The van der Waals surface area contributed by atoms with E-state index < -0.39 is 6.10 Å². The fraction of sp³-hybridized carbons (Fsp3) is 0.643. The molecular formula is C14H23NO2S. The van der Waals surface area contributed by atoms with Crippen LogP contribution in [0.2, 0.25) is 0 Å². The molecule has 1 aromatic rings. The van der Waals surface area contributed by atoms with Crippen molar-refractivity contribution >= 4 is 17.2 Å². The number of aliphatic hydroxyl groups excluding tert-OH is 1. The van der Waals surface area contributed by atoms with Crippen LogP contribution in [0.25, 0.3) is 0 Å². The molecule has 0 fully saturated rings. The van der Waals surface area contributed by atoms with Gasteiger partial charge in [0.15, 0.2) is 0 Å². The largest absolute Gasteiger partial charge is 0.388 e. The maximum atomic E-state index is 11.6. The quantitative estimate of drug-likeness (QED) is 0.863. The molecule has 0 saturated carbocycles. The lowest BCUT2D eigenvalue weighted by atomic mass is 9.92. The first-order valence-corrected chi connectivity index (χ1v) is 7.13. The lowest BCUT2D eigenvalue weighted by Crippen LogP contribution is -2.29. The van der Waals surface area contributed by atoms with Crippen LogP contribution in [0.15, 0.2) is 12.1 Å². The standard InChI is InChI=1S/C14H23NO2S/c1-10(16)12-6-5-11(18-12)7-8-15-13(17)9-14(2,3)4/h5-6,10,16H,7-9H2,1-4H3,(H,15,17)/t10-/m1/s1. The van der Waals surface area contributed by atoms with Gasteiger partial charge in [-0.1, -0.05) is 20.8 Å². The number of carbonyl (C=O) groups is 1. The van der Waals surface area contributed by atoms with Crippen LogP contribution in [0.5, 0.6) is 0 Å². The van der Waals surface area contributed by atoms with Crippen molar-refractivity contribution in [3.05, 3.63) is 21.9 Å². The molecule has 0 saturated heterocycles. The first-order valence-electron chi connectivity index (χ1n) is 6.31. The predicted octanol–water partition coefficient (Wildman–Crippen LogP) is 2.90. The molecule has 3 nitrogen and oxygen atoms in total. The monoisotopic (exact) mass is 269 g/mol. The average Bonchev–Trinajstić information content (AvgIpc) is 2.63. The first-order chi connectivity index (χ1) is 8.28. The van der Waals surface area contributed by atoms with E-state index in [-0.39, 0.29) is 11.3 Å². The van der Waals surface area contributed by atoms with Crippen LogP contribution in [0.4, 0.5) is 0 Å². The normalized spacial score (nSPS) is 13.4. The van der Waals surface area contributed by atoms with Crippen molar-refractivity contribution in [1.29, 1.82) is 0 Å². The van der Waals surface area contributed by atoms with Gasteiger partial charge in [-0.25, -0.2) is 0 Å². The van der Waals surface area contributed by atoms with E-state index in [0.29, 0.717) is 13.0 Å². The summed E-state index contributed by atoms with van der Waals surface area (Å²) in [5.41, 5.74) is 0.0342. The lowest BCUT2D eigenvalue weighted by molar-refractivity contribution is -0.122. The number of nitrogens with one attached hydrogen (secondary N) is 1. The SMILES string of the molecule is C[C@@H](O)c1ccc(CCNC(=O)CC(C)(C)C)s1. The second-order valence-corrected chi connectivity index (χ2v) is 7.02. The predicted molar refractivity (Wildman–Crippen MR) is 75.7 cm³/mol. The highest BCUT2D eigenvalue weighted by Gasteiger charge is 2.15. The molecule has 102 valence electrons. The molecule has 0 radical (unpaired) electrons. The number of amides is 1. The Labute approximate surface area is 113 Å². The third-order valence-electron chi connectivity index (χ3n) is 2.48. The van der Waals surface area contributed by atoms with Gasteiger partial charge in [0, 0.05) is 22.7 Å². The Morgan fingerprint density at radius 2 is 2.11 bits per heavy atom. The van der Waals surface area contributed by atoms with Gasteiger partial charge in [-0.2, -0.15) is 0 Å². The van der Waals surface area contributed by atoms with Crippen LogP contribution in [0, 0.1) is 5.41 Å². The van der Waals surface area contributed by atoms with Gasteiger partial charge in [-0.05, 0) is 30.9 Å². The van der Waals surface area contributed by atoms with Gasteiger partial charge in [-0.3, -0.25) is 4.79 Å². The zero-order valence-corrected chi connectivity index (χ0v) is 12.4. The number of aliphatic hydroxyl groups is 1. The van der Waals surface area contributed by atoms with Gasteiger partial charge >= 0.3 is 0 Å². The molecule has 0 spiro atoms. The maximum Gasteiger partial charge on any atom is 0.220 e. The summed E-state index contributed by atoms with van der Waals surface area (Å²) < 4.78 is 0. The van der Waals surface area contributed by atoms with Crippen LogP contribution < -0.4 is 5.32 Å². The molecule has 1 atom stereocenters. The Morgan fingerprint density at radius 1 is 1.44 bits per heavy atom. The van der Waals surface area contributed by atoms with E-state index in [2.05, 4.69) is 26.1 Å². The summed E-state index contributed by atoms with van der Waals surface area (Å²) in [6.45, 7) is 8.59. The first kappa shape index (κ1) is 15.2. The molecule has 0 bridgehead atoms. The minimum atomic E-state index is -0.403. The highest BCUT2D eigenvalue weighted by atomic mass is 32.1. The molecule has 1 heterocycles. The summed E-state index contributed by atoms with van der Waals surface area (Å²) in [6, 6.07) is 3.96. The molecule has 0 aliphatic rings. The number of rotatable bonds is 5. The minimum absolute atomic E-state index is 0.0342. The zero-order chi connectivity index (χ0) is 13.8. The van der Waals surface area contributed by atoms with E-state index in [1.807, 2.05) is 12.1 Å². The Kier molecular flexibility index (Phi) is 5.35. The molecule has 1 rings (SSSR count). The molecule has 0 aliphatic carbocycles. The number of hydrogen-bond acceptors (Lipinski definition) is 3. The fourth-order valence-corrected chi connectivity index (χ4v) is 2.57. The average molecular weight is 269 g/mol. The Balaban J connectivity index is 2.31. The van der Waals surface area contributed by atoms with Gasteiger partial charge in [0.25, 0.3) is 0 Å². The molecule has 18 heavy (non-hydrogen) atoms. The molecule has 0 unspecified atom stereocenters. The van der Waals surface area contributed by atoms with Gasteiger partial charge in [0.05, 0.1) is 6.10 Å². The highest BCUT2D eigenvalue weighted by Crippen LogP contribution is 2.23. The number of carbonyl (C=O) groups excluding carboxylic acids is 1. The smallest absolute Gasteiger partial charge is 0.220 e. The van der Waals surface area contributed by atoms with Crippen molar-refractivity contribution in [2.24, 2.45) is 5.41 Å². The molecule has 4 heteroatoms. The number of hydrogen-bond donors (Lipinski definition) is 2. The zero-order valence-electron chi connectivity index (χ0n) is 11.6. The lowest BCUT2D eigenvalue weighted by Gasteiger charge is -2.17. The minimum Gasteiger partial charge on any atom is -0.388 e. The summed E-state index contributed by atoms with van der Waals surface area (Å²) in [4.78, 5) is 13.8. The van der Waals surface area contributed by atoms with Crippen molar-refractivity contribution in [2.45, 2.75) is 46.6 Å². The third kappa shape index (κ3) is 5.65. The van der Waals surface area contributed by atoms with Gasteiger partial charge in [0.1, 0.15) is 0 Å². The van der Waals surface area contributed by atoms with Crippen molar-refractivity contribution < 1.29 is 9.90 Å². The van der Waals surface area contributed by atoms with Crippen molar-refractivity contribution in [1.82, 2.24) is 5.32 Å². The van der Waals surface area contributed by atoms with Crippen LogP contribution in [-0.4, -0.2) is 17.6 Å². The maximum absolute atomic E-state index is 11.6. The second kappa shape index (κ2) is 6.34. The summed E-state index contributed by atoms with van der Waals surface area (Å²) in [5.74, 6) is 0.106. The summed E-state index contributed by atoms with van der Waals surface area (Å²) in [5, 5.41) is 12.4. The molecule has 1 amide bonds. The van der Waals surface area contributed by atoms with Crippen LogP contribution in [-0.2, 0) is 11.2 Å². The van der Waals surface area contributed by atoms with E-state index >= 15 is 0 Å².